The standard InChI is InChI=1S/C23H24FN3O2/c1-27(23(28)13-8-17-5-3-7-21(15-17)29-2)14-4-6-20-16-22(26-25-20)18-9-11-19(24)12-10-18/h3,5,7-13,15-16H,4,6,14H2,1-2H3,(H,25,26). The summed E-state index contributed by atoms with van der Waals surface area (Å²) in [5, 5.41) is 7.28. The summed E-state index contributed by atoms with van der Waals surface area (Å²) in [5.41, 5.74) is 3.54. The molecule has 0 fully saturated rings. The molecule has 3 aromatic rings. The van der Waals surface area contributed by atoms with E-state index in [1.165, 1.54) is 12.1 Å². The molecule has 0 bridgehead atoms. The van der Waals surface area contributed by atoms with E-state index >= 15 is 0 Å². The zero-order valence-corrected chi connectivity index (χ0v) is 16.6. The molecule has 0 saturated heterocycles. The van der Waals surface area contributed by atoms with Gasteiger partial charge in [0.1, 0.15) is 11.6 Å². The maximum Gasteiger partial charge on any atom is 0.246 e. The van der Waals surface area contributed by atoms with Crippen molar-refractivity contribution in [1.29, 1.82) is 0 Å². The van der Waals surface area contributed by atoms with Crippen LogP contribution in [0.3, 0.4) is 0 Å². The molecule has 0 aliphatic rings. The van der Waals surface area contributed by atoms with E-state index in [-0.39, 0.29) is 11.7 Å². The number of aromatic amines is 1. The molecule has 6 heteroatoms. The average Bonchev–Trinajstić information content (AvgIpc) is 3.21. The van der Waals surface area contributed by atoms with Crippen molar-refractivity contribution in [2.24, 2.45) is 0 Å². The van der Waals surface area contributed by atoms with Crippen LogP contribution in [0.5, 0.6) is 5.75 Å². The van der Waals surface area contributed by atoms with E-state index in [0.717, 1.165) is 41.1 Å². The summed E-state index contributed by atoms with van der Waals surface area (Å²) in [6.45, 7) is 0.631. The molecule has 1 aromatic heterocycles. The predicted molar refractivity (Wildman–Crippen MR) is 112 cm³/mol. The van der Waals surface area contributed by atoms with Crippen molar-refractivity contribution in [2.75, 3.05) is 20.7 Å². The second-order valence-corrected chi connectivity index (χ2v) is 6.76. The molecule has 0 aliphatic carbocycles. The van der Waals surface area contributed by atoms with Crippen molar-refractivity contribution >= 4 is 12.0 Å². The largest absolute Gasteiger partial charge is 0.497 e. The minimum absolute atomic E-state index is 0.0515. The number of H-pyrrole nitrogens is 1. The Balaban J connectivity index is 1.48. The fourth-order valence-electron chi connectivity index (χ4n) is 2.92. The van der Waals surface area contributed by atoms with Gasteiger partial charge in [0.15, 0.2) is 0 Å². The number of methoxy groups -OCH3 is 1. The minimum atomic E-state index is -0.266. The SMILES string of the molecule is COc1cccc(C=CC(=O)N(C)CCCc2cc(-c3ccc(F)cc3)n[nH]2)c1. The molecular formula is C23H24FN3O2. The van der Waals surface area contributed by atoms with Gasteiger partial charge >= 0.3 is 0 Å². The number of rotatable bonds is 8. The Morgan fingerprint density at radius 2 is 2.00 bits per heavy atom. The van der Waals surface area contributed by atoms with Gasteiger partial charge in [-0.05, 0) is 66.9 Å². The van der Waals surface area contributed by atoms with Gasteiger partial charge in [-0.25, -0.2) is 4.39 Å². The number of hydrogen-bond donors (Lipinski definition) is 1. The number of halogens is 1. The number of carbonyl (C=O) groups excluding carboxylic acids is 1. The van der Waals surface area contributed by atoms with Crippen LogP contribution in [0.15, 0.2) is 60.7 Å². The number of ether oxygens (including phenoxy) is 1. The monoisotopic (exact) mass is 393 g/mol. The quantitative estimate of drug-likeness (QED) is 0.580. The number of nitrogens with zero attached hydrogens (tertiary/aromatic N) is 2. The highest BCUT2D eigenvalue weighted by Gasteiger charge is 2.07. The maximum absolute atomic E-state index is 13.0. The van der Waals surface area contributed by atoms with Crippen LogP contribution in [0.4, 0.5) is 4.39 Å². The van der Waals surface area contributed by atoms with Gasteiger partial charge < -0.3 is 9.64 Å². The molecule has 0 atom stereocenters. The van der Waals surface area contributed by atoms with Crippen LogP contribution >= 0.6 is 0 Å². The van der Waals surface area contributed by atoms with E-state index in [4.69, 9.17) is 4.74 Å². The number of aryl methyl sites for hydroxylation is 1. The highest BCUT2D eigenvalue weighted by Crippen LogP contribution is 2.18. The normalized spacial score (nSPS) is 11.0. The number of amides is 1. The summed E-state index contributed by atoms with van der Waals surface area (Å²) >= 11 is 0. The zero-order chi connectivity index (χ0) is 20.6. The molecule has 150 valence electrons. The Bertz CT molecular complexity index is 980. The average molecular weight is 393 g/mol. The second kappa shape index (κ2) is 9.68. The van der Waals surface area contributed by atoms with Crippen molar-refractivity contribution in [3.63, 3.8) is 0 Å². The van der Waals surface area contributed by atoms with Crippen molar-refractivity contribution < 1.29 is 13.9 Å². The number of likely N-dealkylation sites (N-methyl/N-ethyl adjacent to an activating group) is 1. The molecule has 2 aromatic carbocycles. The zero-order valence-electron chi connectivity index (χ0n) is 16.6. The lowest BCUT2D eigenvalue weighted by atomic mass is 10.1. The van der Waals surface area contributed by atoms with E-state index in [0.29, 0.717) is 6.54 Å². The Hall–Kier alpha value is -3.41. The summed E-state index contributed by atoms with van der Waals surface area (Å²) in [7, 11) is 3.40. The molecule has 1 heterocycles. The smallest absolute Gasteiger partial charge is 0.246 e. The first-order chi connectivity index (χ1) is 14.0. The Morgan fingerprint density at radius 1 is 1.21 bits per heavy atom. The Kier molecular flexibility index (Phi) is 6.79. The van der Waals surface area contributed by atoms with E-state index in [1.54, 1.807) is 43.3 Å². The summed E-state index contributed by atoms with van der Waals surface area (Å²) in [4.78, 5) is 14.0. The molecule has 0 saturated carbocycles. The summed E-state index contributed by atoms with van der Waals surface area (Å²) in [6, 6.07) is 15.8. The summed E-state index contributed by atoms with van der Waals surface area (Å²) < 4.78 is 18.2. The van der Waals surface area contributed by atoms with Crippen molar-refractivity contribution in [1.82, 2.24) is 15.1 Å². The van der Waals surface area contributed by atoms with Gasteiger partial charge in [0.2, 0.25) is 5.91 Å². The molecule has 29 heavy (non-hydrogen) atoms. The molecule has 1 amide bonds. The predicted octanol–water partition coefficient (Wildman–Crippen LogP) is 4.33. The third kappa shape index (κ3) is 5.78. The topological polar surface area (TPSA) is 58.2 Å². The maximum atomic E-state index is 13.0. The van der Waals surface area contributed by atoms with Crippen molar-refractivity contribution in [2.45, 2.75) is 12.8 Å². The lowest BCUT2D eigenvalue weighted by Crippen LogP contribution is -2.26. The van der Waals surface area contributed by atoms with E-state index < -0.39 is 0 Å². The third-order valence-electron chi connectivity index (χ3n) is 4.60. The van der Waals surface area contributed by atoms with Crippen LogP contribution in [0.2, 0.25) is 0 Å². The van der Waals surface area contributed by atoms with Gasteiger partial charge in [-0.15, -0.1) is 0 Å². The number of aromatic nitrogens is 2. The lowest BCUT2D eigenvalue weighted by Gasteiger charge is -2.14. The second-order valence-electron chi connectivity index (χ2n) is 6.76. The molecule has 0 radical (unpaired) electrons. The number of carbonyl (C=O) groups is 1. The van der Waals surface area contributed by atoms with E-state index in [9.17, 15) is 9.18 Å². The molecule has 0 unspecified atom stereocenters. The molecule has 5 nitrogen and oxygen atoms in total. The summed E-state index contributed by atoms with van der Waals surface area (Å²) in [5.74, 6) is 0.439. The van der Waals surface area contributed by atoms with Crippen LogP contribution in [-0.2, 0) is 11.2 Å². The summed E-state index contributed by atoms with van der Waals surface area (Å²) in [6.07, 6.45) is 4.93. The molecular weight excluding hydrogens is 369 g/mol. The van der Waals surface area contributed by atoms with Gasteiger partial charge in [-0.2, -0.15) is 5.10 Å². The number of benzene rings is 2. The first-order valence-corrected chi connectivity index (χ1v) is 9.42. The van der Waals surface area contributed by atoms with Gasteiger partial charge in [0, 0.05) is 30.9 Å². The van der Waals surface area contributed by atoms with Gasteiger partial charge in [0.05, 0.1) is 12.8 Å². The number of hydrogen-bond acceptors (Lipinski definition) is 3. The molecule has 0 aliphatic heterocycles. The minimum Gasteiger partial charge on any atom is -0.497 e. The van der Waals surface area contributed by atoms with Gasteiger partial charge in [-0.3, -0.25) is 9.89 Å². The van der Waals surface area contributed by atoms with Crippen LogP contribution in [0.25, 0.3) is 17.3 Å². The van der Waals surface area contributed by atoms with E-state index in [1.807, 2.05) is 30.3 Å². The van der Waals surface area contributed by atoms with Crippen molar-refractivity contribution in [3.05, 3.63) is 77.7 Å². The van der Waals surface area contributed by atoms with Crippen LogP contribution < -0.4 is 4.74 Å². The Morgan fingerprint density at radius 3 is 2.76 bits per heavy atom. The highest BCUT2D eigenvalue weighted by molar-refractivity contribution is 5.91. The Labute approximate surface area is 169 Å². The highest BCUT2D eigenvalue weighted by atomic mass is 19.1. The third-order valence-corrected chi connectivity index (χ3v) is 4.60. The van der Waals surface area contributed by atoms with Crippen LogP contribution in [0, 0.1) is 5.82 Å². The first-order valence-electron chi connectivity index (χ1n) is 9.42. The molecule has 1 N–H and O–H groups in total. The number of nitrogens with one attached hydrogen (secondary N) is 1. The van der Waals surface area contributed by atoms with Crippen LogP contribution in [-0.4, -0.2) is 41.7 Å². The van der Waals surface area contributed by atoms with Gasteiger partial charge in [0.25, 0.3) is 0 Å². The lowest BCUT2D eigenvalue weighted by molar-refractivity contribution is -0.124. The first kappa shape index (κ1) is 20.3. The van der Waals surface area contributed by atoms with Gasteiger partial charge in [-0.1, -0.05) is 12.1 Å². The molecule has 3 rings (SSSR count). The molecule has 0 spiro atoms. The van der Waals surface area contributed by atoms with E-state index in [2.05, 4.69) is 10.2 Å². The van der Waals surface area contributed by atoms with Crippen molar-refractivity contribution in [3.8, 4) is 17.0 Å². The fraction of sp³-hybridized carbons (Fsp3) is 0.217. The van der Waals surface area contributed by atoms with Crippen LogP contribution in [0.1, 0.15) is 17.7 Å². The fourth-order valence-corrected chi connectivity index (χ4v) is 2.92.